The van der Waals surface area contributed by atoms with Crippen LogP contribution in [0.1, 0.15) is 23.3 Å². The Labute approximate surface area is 124 Å². The summed E-state index contributed by atoms with van der Waals surface area (Å²) in [5.41, 5.74) is 1.58. The van der Waals surface area contributed by atoms with Gasteiger partial charge >= 0.3 is 0 Å². The molecule has 112 valence electrons. The third-order valence-corrected chi connectivity index (χ3v) is 5.62. The van der Waals surface area contributed by atoms with Crippen LogP contribution >= 0.6 is 0 Å². The van der Waals surface area contributed by atoms with Crippen molar-refractivity contribution in [3.8, 4) is 11.5 Å². The van der Waals surface area contributed by atoms with Gasteiger partial charge in [0.1, 0.15) is 0 Å². The molecule has 0 aromatic heterocycles. The van der Waals surface area contributed by atoms with Crippen molar-refractivity contribution in [2.45, 2.75) is 24.0 Å². The standard InChI is InChI=1S/C16H18O4S/c1-11-4-7-14(8-5-11)21(18,19)12(2)13-6-9-15(17)16(10-13)20-3/h4-10,12,17H,1-3H3. The zero-order valence-electron chi connectivity index (χ0n) is 12.2. The maximum absolute atomic E-state index is 12.6. The minimum Gasteiger partial charge on any atom is -0.504 e. The van der Waals surface area contributed by atoms with Gasteiger partial charge in [-0.1, -0.05) is 23.8 Å². The third-order valence-electron chi connectivity index (χ3n) is 3.49. The Hall–Kier alpha value is -2.01. The van der Waals surface area contributed by atoms with Gasteiger partial charge in [-0.25, -0.2) is 8.42 Å². The van der Waals surface area contributed by atoms with E-state index >= 15 is 0 Å². The number of hydrogen-bond acceptors (Lipinski definition) is 4. The second-order valence-electron chi connectivity index (χ2n) is 4.93. The molecule has 0 fully saturated rings. The Morgan fingerprint density at radius 3 is 2.29 bits per heavy atom. The number of ether oxygens (including phenoxy) is 1. The third kappa shape index (κ3) is 3.03. The highest BCUT2D eigenvalue weighted by atomic mass is 32.2. The fourth-order valence-electron chi connectivity index (χ4n) is 2.06. The lowest BCUT2D eigenvalue weighted by molar-refractivity contribution is 0.373. The molecule has 0 aliphatic heterocycles. The molecule has 0 aliphatic rings. The fourth-order valence-corrected chi connectivity index (χ4v) is 3.49. The number of sulfone groups is 1. The molecule has 0 spiro atoms. The van der Waals surface area contributed by atoms with Crippen molar-refractivity contribution >= 4 is 9.84 Å². The Morgan fingerprint density at radius 1 is 1.10 bits per heavy atom. The lowest BCUT2D eigenvalue weighted by Gasteiger charge is -2.15. The summed E-state index contributed by atoms with van der Waals surface area (Å²) >= 11 is 0. The quantitative estimate of drug-likeness (QED) is 0.942. The van der Waals surface area contributed by atoms with E-state index in [0.29, 0.717) is 5.56 Å². The average Bonchev–Trinajstić information content (AvgIpc) is 2.47. The molecule has 1 unspecified atom stereocenters. The molecule has 0 aliphatic carbocycles. The van der Waals surface area contributed by atoms with E-state index in [-0.39, 0.29) is 16.4 Å². The van der Waals surface area contributed by atoms with E-state index in [4.69, 9.17) is 4.74 Å². The molecular formula is C16H18O4S. The van der Waals surface area contributed by atoms with E-state index in [9.17, 15) is 13.5 Å². The smallest absolute Gasteiger partial charge is 0.185 e. The summed E-state index contributed by atoms with van der Waals surface area (Å²) in [5, 5.41) is 8.87. The van der Waals surface area contributed by atoms with E-state index in [1.807, 2.05) is 6.92 Å². The second-order valence-corrected chi connectivity index (χ2v) is 7.20. The monoisotopic (exact) mass is 306 g/mol. The van der Waals surface area contributed by atoms with Crippen LogP contribution in [0.2, 0.25) is 0 Å². The van der Waals surface area contributed by atoms with E-state index in [2.05, 4.69) is 0 Å². The van der Waals surface area contributed by atoms with Gasteiger partial charge in [0.05, 0.1) is 17.3 Å². The van der Waals surface area contributed by atoms with Crippen molar-refractivity contribution in [1.82, 2.24) is 0 Å². The molecule has 1 N–H and O–H groups in total. The summed E-state index contributed by atoms with van der Waals surface area (Å²) in [6.07, 6.45) is 0. The van der Waals surface area contributed by atoms with Crippen molar-refractivity contribution in [3.63, 3.8) is 0 Å². The predicted molar refractivity (Wildman–Crippen MR) is 81.4 cm³/mol. The van der Waals surface area contributed by atoms with Crippen molar-refractivity contribution in [2.24, 2.45) is 0 Å². The summed E-state index contributed by atoms with van der Waals surface area (Å²) in [6, 6.07) is 11.3. The Morgan fingerprint density at radius 2 is 1.71 bits per heavy atom. The van der Waals surface area contributed by atoms with Crippen LogP contribution in [0.5, 0.6) is 11.5 Å². The first-order valence-corrected chi connectivity index (χ1v) is 8.08. The van der Waals surface area contributed by atoms with E-state index in [0.717, 1.165) is 5.56 Å². The molecule has 21 heavy (non-hydrogen) atoms. The highest BCUT2D eigenvalue weighted by molar-refractivity contribution is 7.91. The molecule has 0 saturated heterocycles. The lowest BCUT2D eigenvalue weighted by Crippen LogP contribution is -2.10. The van der Waals surface area contributed by atoms with E-state index in [1.54, 1.807) is 43.3 Å². The first kappa shape index (κ1) is 15.4. The molecule has 4 nitrogen and oxygen atoms in total. The molecule has 0 radical (unpaired) electrons. The number of rotatable bonds is 4. The number of phenols is 1. The molecule has 0 saturated carbocycles. The zero-order chi connectivity index (χ0) is 15.6. The van der Waals surface area contributed by atoms with Crippen LogP contribution in [-0.2, 0) is 9.84 Å². The predicted octanol–water partition coefficient (Wildman–Crippen LogP) is 3.24. The normalized spacial score (nSPS) is 12.9. The maximum Gasteiger partial charge on any atom is 0.185 e. The number of benzene rings is 2. The highest BCUT2D eigenvalue weighted by Crippen LogP contribution is 2.34. The minimum absolute atomic E-state index is 0.0128. The highest BCUT2D eigenvalue weighted by Gasteiger charge is 2.25. The molecule has 2 aromatic carbocycles. The van der Waals surface area contributed by atoms with Crippen molar-refractivity contribution in [1.29, 1.82) is 0 Å². The van der Waals surface area contributed by atoms with Crippen LogP contribution < -0.4 is 4.74 Å². The number of hydrogen-bond donors (Lipinski definition) is 1. The van der Waals surface area contributed by atoms with Crippen LogP contribution in [0.3, 0.4) is 0 Å². The van der Waals surface area contributed by atoms with Gasteiger partial charge in [0.15, 0.2) is 21.3 Å². The van der Waals surface area contributed by atoms with E-state index in [1.165, 1.54) is 13.2 Å². The number of aromatic hydroxyl groups is 1. The van der Waals surface area contributed by atoms with Gasteiger partial charge in [0, 0.05) is 0 Å². The van der Waals surface area contributed by atoms with Gasteiger partial charge in [-0.05, 0) is 43.7 Å². The Kier molecular flexibility index (Phi) is 4.23. The topological polar surface area (TPSA) is 63.6 Å². The van der Waals surface area contributed by atoms with Crippen LogP contribution in [0.15, 0.2) is 47.4 Å². The molecule has 0 amide bonds. The van der Waals surface area contributed by atoms with Gasteiger partial charge in [0.2, 0.25) is 0 Å². The first-order chi connectivity index (χ1) is 9.86. The molecule has 5 heteroatoms. The van der Waals surface area contributed by atoms with Crippen LogP contribution in [0.25, 0.3) is 0 Å². The lowest BCUT2D eigenvalue weighted by atomic mass is 10.1. The van der Waals surface area contributed by atoms with Gasteiger partial charge in [-0.3, -0.25) is 0 Å². The molecule has 0 bridgehead atoms. The summed E-state index contributed by atoms with van der Waals surface area (Å²) in [6.45, 7) is 3.53. The summed E-state index contributed by atoms with van der Waals surface area (Å²) in [7, 11) is -2.06. The Bertz CT molecular complexity index is 733. The molecule has 0 heterocycles. The van der Waals surface area contributed by atoms with Crippen LogP contribution in [0, 0.1) is 6.92 Å². The van der Waals surface area contributed by atoms with Gasteiger partial charge < -0.3 is 9.84 Å². The summed E-state index contributed by atoms with van der Waals surface area (Å²) in [5.74, 6) is 0.250. The zero-order valence-corrected chi connectivity index (χ0v) is 13.0. The molecular weight excluding hydrogens is 288 g/mol. The average molecular weight is 306 g/mol. The molecule has 2 rings (SSSR count). The van der Waals surface area contributed by atoms with Crippen molar-refractivity contribution in [3.05, 3.63) is 53.6 Å². The van der Waals surface area contributed by atoms with Gasteiger partial charge in [0.25, 0.3) is 0 Å². The van der Waals surface area contributed by atoms with E-state index < -0.39 is 15.1 Å². The largest absolute Gasteiger partial charge is 0.504 e. The van der Waals surface area contributed by atoms with Gasteiger partial charge in [-0.15, -0.1) is 0 Å². The fraction of sp³-hybridized carbons (Fsp3) is 0.250. The minimum atomic E-state index is -3.48. The summed E-state index contributed by atoms with van der Waals surface area (Å²) in [4.78, 5) is 0.285. The second kappa shape index (κ2) is 5.77. The maximum atomic E-state index is 12.6. The SMILES string of the molecule is COc1cc(C(C)S(=O)(=O)c2ccc(C)cc2)ccc1O. The Balaban J connectivity index is 2.42. The van der Waals surface area contributed by atoms with Crippen LogP contribution in [-0.4, -0.2) is 20.6 Å². The van der Waals surface area contributed by atoms with Crippen molar-refractivity contribution < 1.29 is 18.3 Å². The number of aryl methyl sites for hydroxylation is 1. The molecule has 1 atom stereocenters. The number of phenolic OH excluding ortho intramolecular Hbond substituents is 1. The molecule has 2 aromatic rings. The first-order valence-electron chi connectivity index (χ1n) is 6.53. The van der Waals surface area contributed by atoms with Crippen LogP contribution in [0.4, 0.5) is 0 Å². The van der Waals surface area contributed by atoms with Gasteiger partial charge in [-0.2, -0.15) is 0 Å². The summed E-state index contributed by atoms with van der Waals surface area (Å²) < 4.78 is 30.3. The number of methoxy groups -OCH3 is 1. The van der Waals surface area contributed by atoms with Crippen molar-refractivity contribution in [2.75, 3.05) is 7.11 Å².